The quantitative estimate of drug-likeness (QED) is 0.812. The number of rotatable bonds is 4. The highest BCUT2D eigenvalue weighted by Crippen LogP contribution is 2.18. The molecule has 2 aliphatic heterocycles. The predicted octanol–water partition coefficient (Wildman–Crippen LogP) is 0.732. The molecule has 2 fully saturated rings. The molecule has 2 saturated heterocycles. The molecular formula is C11H22N2O3S. The fourth-order valence-electron chi connectivity index (χ4n) is 2.46. The lowest BCUT2D eigenvalue weighted by Crippen LogP contribution is -2.47. The summed E-state index contributed by atoms with van der Waals surface area (Å²) < 4.78 is 33.7. The van der Waals surface area contributed by atoms with Gasteiger partial charge in [0, 0.05) is 26.2 Å². The van der Waals surface area contributed by atoms with Gasteiger partial charge in [-0.15, -0.1) is 0 Å². The molecule has 2 rings (SSSR count). The molecule has 0 unspecified atom stereocenters. The molecule has 0 saturated carbocycles. The lowest BCUT2D eigenvalue weighted by atomic mass is 10.0. The van der Waals surface area contributed by atoms with Gasteiger partial charge in [0.25, 0.3) is 10.2 Å². The van der Waals surface area contributed by atoms with Gasteiger partial charge < -0.3 is 4.74 Å². The van der Waals surface area contributed by atoms with Crippen molar-refractivity contribution in [1.29, 1.82) is 0 Å². The molecule has 6 heteroatoms. The van der Waals surface area contributed by atoms with Crippen LogP contribution in [0.5, 0.6) is 0 Å². The summed E-state index contributed by atoms with van der Waals surface area (Å²) in [5, 5.41) is 0. The van der Waals surface area contributed by atoms with Crippen molar-refractivity contribution in [2.75, 3.05) is 26.2 Å². The Kier molecular flexibility index (Phi) is 4.41. The van der Waals surface area contributed by atoms with Crippen molar-refractivity contribution >= 4 is 10.2 Å². The minimum absolute atomic E-state index is 0.0620. The lowest BCUT2D eigenvalue weighted by Gasteiger charge is -2.30. The minimum atomic E-state index is -3.30. The zero-order valence-electron chi connectivity index (χ0n) is 10.4. The second kappa shape index (κ2) is 5.65. The summed E-state index contributed by atoms with van der Waals surface area (Å²) in [6.07, 6.45) is 4.14. The fourth-order valence-corrected chi connectivity index (χ4v) is 3.86. The van der Waals surface area contributed by atoms with Crippen molar-refractivity contribution in [3.05, 3.63) is 0 Å². The highest BCUT2D eigenvalue weighted by molar-refractivity contribution is 7.87. The highest BCUT2D eigenvalue weighted by atomic mass is 32.2. The predicted molar refractivity (Wildman–Crippen MR) is 65.9 cm³/mol. The molecule has 100 valence electrons. The van der Waals surface area contributed by atoms with E-state index in [0.717, 1.165) is 32.3 Å². The number of nitrogens with zero attached hydrogens (tertiary/aromatic N) is 1. The molecule has 2 aliphatic rings. The van der Waals surface area contributed by atoms with E-state index in [1.54, 1.807) is 4.31 Å². The Hall–Kier alpha value is -0.170. The first-order valence-corrected chi connectivity index (χ1v) is 7.88. The molecule has 0 aromatic carbocycles. The van der Waals surface area contributed by atoms with Crippen LogP contribution < -0.4 is 4.72 Å². The molecule has 0 aromatic rings. The van der Waals surface area contributed by atoms with Crippen LogP contribution in [0.25, 0.3) is 0 Å². The average Bonchev–Trinajstić information content (AvgIpc) is 2.79. The van der Waals surface area contributed by atoms with Gasteiger partial charge in [0.2, 0.25) is 0 Å². The normalized spacial score (nSPS) is 31.8. The van der Waals surface area contributed by atoms with E-state index in [1.165, 1.54) is 0 Å². The number of hydrogen-bond acceptors (Lipinski definition) is 3. The fraction of sp³-hybridized carbons (Fsp3) is 1.00. The lowest BCUT2D eigenvalue weighted by molar-refractivity contribution is 0.114. The maximum Gasteiger partial charge on any atom is 0.279 e. The molecule has 0 bridgehead atoms. The van der Waals surface area contributed by atoms with Crippen LogP contribution in [0.1, 0.15) is 32.6 Å². The van der Waals surface area contributed by atoms with Gasteiger partial charge in [-0.2, -0.15) is 17.4 Å². The van der Waals surface area contributed by atoms with Crippen molar-refractivity contribution in [2.45, 2.75) is 38.7 Å². The molecule has 2 heterocycles. The molecule has 2 atom stereocenters. The van der Waals surface area contributed by atoms with Gasteiger partial charge in [0.1, 0.15) is 0 Å². The van der Waals surface area contributed by atoms with Crippen LogP contribution in [0.2, 0.25) is 0 Å². The van der Waals surface area contributed by atoms with Gasteiger partial charge in [-0.1, -0.05) is 6.92 Å². The van der Waals surface area contributed by atoms with E-state index in [4.69, 9.17) is 4.74 Å². The molecule has 0 amide bonds. The summed E-state index contributed by atoms with van der Waals surface area (Å²) >= 11 is 0. The second-order valence-corrected chi connectivity index (χ2v) is 6.85. The van der Waals surface area contributed by atoms with Crippen LogP contribution in [-0.4, -0.2) is 45.1 Å². The minimum Gasteiger partial charge on any atom is -0.377 e. The maximum absolute atomic E-state index is 12.0. The first kappa shape index (κ1) is 13.3. The van der Waals surface area contributed by atoms with Crippen LogP contribution in [-0.2, 0) is 14.9 Å². The van der Waals surface area contributed by atoms with Crippen LogP contribution in [0.4, 0.5) is 0 Å². The van der Waals surface area contributed by atoms with Crippen molar-refractivity contribution in [3.63, 3.8) is 0 Å². The van der Waals surface area contributed by atoms with E-state index in [1.807, 2.05) is 0 Å². The van der Waals surface area contributed by atoms with Crippen molar-refractivity contribution in [1.82, 2.24) is 9.03 Å². The summed E-state index contributed by atoms with van der Waals surface area (Å²) in [5.74, 6) is 0.461. The first-order chi connectivity index (χ1) is 8.08. The summed E-state index contributed by atoms with van der Waals surface area (Å²) in [6, 6.07) is 0. The van der Waals surface area contributed by atoms with E-state index < -0.39 is 10.2 Å². The van der Waals surface area contributed by atoms with Crippen molar-refractivity contribution in [2.24, 2.45) is 5.92 Å². The standard InChI is InChI=1S/C11H22N2O3S/c1-10-4-2-6-13(9-10)17(14,15)12-8-11-5-3-7-16-11/h10-12H,2-9H2,1H3/t10-,11-/m0/s1. The van der Waals surface area contributed by atoms with Crippen LogP contribution in [0.15, 0.2) is 0 Å². The van der Waals surface area contributed by atoms with E-state index in [2.05, 4.69) is 11.6 Å². The molecule has 0 aliphatic carbocycles. The largest absolute Gasteiger partial charge is 0.377 e. The Bertz CT molecular complexity index is 339. The van der Waals surface area contributed by atoms with Gasteiger partial charge in [-0.25, -0.2) is 0 Å². The average molecular weight is 262 g/mol. The Labute approximate surface area is 104 Å². The third-order valence-electron chi connectivity index (χ3n) is 3.48. The number of nitrogens with one attached hydrogen (secondary N) is 1. The first-order valence-electron chi connectivity index (χ1n) is 6.44. The number of ether oxygens (including phenoxy) is 1. The summed E-state index contributed by atoms with van der Waals surface area (Å²) in [7, 11) is -3.30. The molecule has 5 nitrogen and oxygen atoms in total. The molecule has 0 radical (unpaired) electrons. The smallest absolute Gasteiger partial charge is 0.279 e. The summed E-state index contributed by atoms with van der Waals surface area (Å²) in [4.78, 5) is 0. The van der Waals surface area contributed by atoms with E-state index >= 15 is 0 Å². The number of hydrogen-bond donors (Lipinski definition) is 1. The zero-order valence-corrected chi connectivity index (χ0v) is 11.2. The van der Waals surface area contributed by atoms with E-state index in [9.17, 15) is 8.42 Å². The highest BCUT2D eigenvalue weighted by Gasteiger charge is 2.28. The Morgan fingerprint density at radius 2 is 2.18 bits per heavy atom. The van der Waals surface area contributed by atoms with Gasteiger partial charge in [0.05, 0.1) is 6.10 Å². The Morgan fingerprint density at radius 1 is 1.35 bits per heavy atom. The van der Waals surface area contributed by atoms with Gasteiger partial charge in [-0.3, -0.25) is 0 Å². The van der Waals surface area contributed by atoms with E-state index in [0.29, 0.717) is 25.6 Å². The molecule has 0 aromatic heterocycles. The zero-order chi connectivity index (χ0) is 12.3. The van der Waals surface area contributed by atoms with Gasteiger partial charge in [-0.05, 0) is 31.6 Å². The molecule has 17 heavy (non-hydrogen) atoms. The van der Waals surface area contributed by atoms with Gasteiger partial charge >= 0.3 is 0 Å². The van der Waals surface area contributed by atoms with Gasteiger partial charge in [0.15, 0.2) is 0 Å². The second-order valence-electron chi connectivity index (χ2n) is 5.09. The topological polar surface area (TPSA) is 58.6 Å². The molecule has 0 spiro atoms. The maximum atomic E-state index is 12.0. The van der Waals surface area contributed by atoms with Crippen LogP contribution in [0.3, 0.4) is 0 Å². The third kappa shape index (κ3) is 3.64. The molecular weight excluding hydrogens is 240 g/mol. The van der Waals surface area contributed by atoms with E-state index in [-0.39, 0.29) is 6.10 Å². The van der Waals surface area contributed by atoms with Crippen molar-refractivity contribution < 1.29 is 13.2 Å². The SMILES string of the molecule is C[C@H]1CCCN(S(=O)(=O)NC[C@@H]2CCCO2)C1. The summed E-state index contributed by atoms with van der Waals surface area (Å²) in [5.41, 5.74) is 0. The monoisotopic (exact) mass is 262 g/mol. The third-order valence-corrected chi connectivity index (χ3v) is 5.02. The molecule has 1 N–H and O–H groups in total. The Morgan fingerprint density at radius 3 is 2.82 bits per heavy atom. The van der Waals surface area contributed by atoms with Crippen molar-refractivity contribution in [3.8, 4) is 0 Å². The van der Waals surface area contributed by atoms with Crippen LogP contribution in [0, 0.1) is 5.92 Å². The van der Waals surface area contributed by atoms with Crippen LogP contribution >= 0.6 is 0 Å². The number of piperidine rings is 1. The Balaban J connectivity index is 1.84. The summed E-state index contributed by atoms with van der Waals surface area (Å²) in [6.45, 7) is 4.55.